The number of nitrogens with zero attached hydrogens (tertiary/aromatic N) is 2. The van der Waals surface area contributed by atoms with Crippen molar-refractivity contribution in [1.82, 2.24) is 4.98 Å². The highest BCUT2D eigenvalue weighted by Crippen LogP contribution is 2.22. The van der Waals surface area contributed by atoms with E-state index in [4.69, 9.17) is 0 Å². The van der Waals surface area contributed by atoms with E-state index in [9.17, 15) is 9.18 Å². The average molecular weight is 287 g/mol. The monoisotopic (exact) mass is 287 g/mol. The summed E-state index contributed by atoms with van der Waals surface area (Å²) >= 11 is 0. The van der Waals surface area contributed by atoms with Crippen molar-refractivity contribution >= 4 is 17.3 Å². The first-order valence-electron chi connectivity index (χ1n) is 6.85. The maximum absolute atomic E-state index is 13.8. The van der Waals surface area contributed by atoms with Gasteiger partial charge >= 0.3 is 0 Å². The Morgan fingerprint density at radius 1 is 1.33 bits per heavy atom. The van der Waals surface area contributed by atoms with Crippen LogP contribution in [0.5, 0.6) is 0 Å². The third-order valence-corrected chi connectivity index (χ3v) is 3.14. The molecule has 0 aliphatic heterocycles. The number of aromatic nitrogens is 1. The maximum Gasteiger partial charge on any atom is 0.260 e. The molecule has 2 rings (SSSR count). The fourth-order valence-electron chi connectivity index (χ4n) is 2.00. The van der Waals surface area contributed by atoms with Gasteiger partial charge in [0.25, 0.3) is 5.91 Å². The van der Waals surface area contributed by atoms with Gasteiger partial charge in [-0.1, -0.05) is 19.1 Å². The van der Waals surface area contributed by atoms with Crippen LogP contribution in [0, 0.1) is 5.82 Å². The van der Waals surface area contributed by atoms with Crippen molar-refractivity contribution in [2.75, 3.05) is 23.8 Å². The Balaban J connectivity index is 2.30. The Kier molecular flexibility index (Phi) is 4.87. The Morgan fingerprint density at radius 2 is 2.10 bits per heavy atom. The van der Waals surface area contributed by atoms with Gasteiger partial charge < -0.3 is 10.2 Å². The summed E-state index contributed by atoms with van der Waals surface area (Å²) in [5, 5.41) is 3.16. The minimum absolute atomic E-state index is 0.251. The normalized spacial score (nSPS) is 10.2. The first kappa shape index (κ1) is 15.0. The Hall–Kier alpha value is -2.43. The van der Waals surface area contributed by atoms with E-state index in [-0.39, 0.29) is 11.6 Å². The Morgan fingerprint density at radius 3 is 2.81 bits per heavy atom. The predicted octanol–water partition coefficient (Wildman–Crippen LogP) is 3.32. The van der Waals surface area contributed by atoms with Crippen LogP contribution in [0.15, 0.2) is 42.7 Å². The van der Waals surface area contributed by atoms with Crippen molar-refractivity contribution in [3.63, 3.8) is 0 Å². The summed E-state index contributed by atoms with van der Waals surface area (Å²) in [7, 11) is 1.56. The second-order valence-corrected chi connectivity index (χ2v) is 4.66. The largest absolute Gasteiger partial charge is 0.383 e. The van der Waals surface area contributed by atoms with E-state index >= 15 is 0 Å². The molecule has 0 saturated carbocycles. The van der Waals surface area contributed by atoms with Crippen molar-refractivity contribution in [2.24, 2.45) is 0 Å². The lowest BCUT2D eigenvalue weighted by Gasteiger charge is -2.19. The van der Waals surface area contributed by atoms with Crippen LogP contribution >= 0.6 is 0 Å². The number of hydrogen-bond acceptors (Lipinski definition) is 3. The van der Waals surface area contributed by atoms with Gasteiger partial charge in [0.15, 0.2) is 0 Å². The van der Waals surface area contributed by atoms with Crippen LogP contribution in [-0.2, 0) is 0 Å². The lowest BCUT2D eigenvalue weighted by Crippen LogP contribution is -2.28. The standard InChI is InChI=1S/C16H18FN3O/c1-3-9-19-14-11-18-10-8-12(14)16(21)20(2)15-7-5-4-6-13(15)17/h4-8,10-11,19H,3,9H2,1-2H3. The molecule has 1 aromatic heterocycles. The maximum atomic E-state index is 13.8. The quantitative estimate of drug-likeness (QED) is 0.917. The van der Waals surface area contributed by atoms with Crippen LogP contribution in [0.2, 0.25) is 0 Å². The summed E-state index contributed by atoms with van der Waals surface area (Å²) in [5.41, 5.74) is 1.39. The fourth-order valence-corrected chi connectivity index (χ4v) is 2.00. The van der Waals surface area contributed by atoms with Crippen LogP contribution in [0.3, 0.4) is 0 Å². The van der Waals surface area contributed by atoms with Crippen molar-refractivity contribution < 1.29 is 9.18 Å². The first-order valence-corrected chi connectivity index (χ1v) is 6.85. The Labute approximate surface area is 123 Å². The highest BCUT2D eigenvalue weighted by Gasteiger charge is 2.19. The van der Waals surface area contributed by atoms with E-state index in [1.165, 1.54) is 11.0 Å². The smallest absolute Gasteiger partial charge is 0.260 e. The molecule has 2 aromatic rings. The molecule has 0 saturated heterocycles. The average Bonchev–Trinajstić information content (AvgIpc) is 2.52. The van der Waals surface area contributed by atoms with Gasteiger partial charge in [-0.2, -0.15) is 0 Å². The van der Waals surface area contributed by atoms with Crippen LogP contribution in [0.4, 0.5) is 15.8 Å². The number of amides is 1. The second kappa shape index (κ2) is 6.83. The minimum Gasteiger partial charge on any atom is -0.383 e. The van der Waals surface area contributed by atoms with E-state index in [1.54, 1.807) is 43.7 Å². The zero-order valence-electron chi connectivity index (χ0n) is 12.1. The SMILES string of the molecule is CCCNc1cnccc1C(=O)N(C)c1ccccc1F. The summed E-state index contributed by atoms with van der Waals surface area (Å²) in [4.78, 5) is 17.9. The molecule has 0 aliphatic carbocycles. The number of carbonyl (C=O) groups is 1. The van der Waals surface area contributed by atoms with E-state index in [0.717, 1.165) is 13.0 Å². The topological polar surface area (TPSA) is 45.2 Å². The number of halogens is 1. The van der Waals surface area contributed by atoms with Gasteiger partial charge in [-0.3, -0.25) is 9.78 Å². The molecule has 5 heteroatoms. The summed E-state index contributed by atoms with van der Waals surface area (Å²) in [6, 6.07) is 7.84. The molecule has 0 spiro atoms. The lowest BCUT2D eigenvalue weighted by molar-refractivity contribution is 0.0993. The van der Waals surface area contributed by atoms with Crippen LogP contribution in [0.25, 0.3) is 0 Å². The van der Waals surface area contributed by atoms with Crippen molar-refractivity contribution in [3.05, 3.63) is 54.1 Å². The van der Waals surface area contributed by atoms with Crippen molar-refractivity contribution in [2.45, 2.75) is 13.3 Å². The van der Waals surface area contributed by atoms with E-state index in [2.05, 4.69) is 10.3 Å². The number of hydrogen-bond donors (Lipinski definition) is 1. The van der Waals surface area contributed by atoms with Gasteiger partial charge in [0.2, 0.25) is 0 Å². The van der Waals surface area contributed by atoms with Gasteiger partial charge in [0.05, 0.1) is 23.1 Å². The zero-order chi connectivity index (χ0) is 15.2. The van der Waals surface area contributed by atoms with Gasteiger partial charge in [0, 0.05) is 19.8 Å². The highest BCUT2D eigenvalue weighted by atomic mass is 19.1. The number of benzene rings is 1. The van der Waals surface area contributed by atoms with E-state index in [0.29, 0.717) is 11.3 Å². The number of nitrogens with one attached hydrogen (secondary N) is 1. The molecule has 0 unspecified atom stereocenters. The molecule has 4 nitrogen and oxygen atoms in total. The Bertz CT molecular complexity index is 630. The van der Waals surface area contributed by atoms with Crippen LogP contribution < -0.4 is 10.2 Å². The van der Waals surface area contributed by atoms with Gasteiger partial charge in [-0.25, -0.2) is 4.39 Å². The highest BCUT2D eigenvalue weighted by molar-refractivity contribution is 6.09. The predicted molar refractivity (Wildman–Crippen MR) is 82.2 cm³/mol. The summed E-state index contributed by atoms with van der Waals surface area (Å²) < 4.78 is 13.8. The number of rotatable bonds is 5. The third-order valence-electron chi connectivity index (χ3n) is 3.14. The minimum atomic E-state index is -0.425. The molecule has 1 heterocycles. The summed E-state index contributed by atoms with van der Waals surface area (Å²) in [5.74, 6) is -0.702. The number of pyridine rings is 1. The second-order valence-electron chi connectivity index (χ2n) is 4.66. The van der Waals surface area contributed by atoms with Crippen LogP contribution in [-0.4, -0.2) is 24.5 Å². The molecule has 21 heavy (non-hydrogen) atoms. The molecule has 110 valence electrons. The molecule has 0 atom stereocenters. The van der Waals surface area contributed by atoms with Gasteiger partial charge in [-0.15, -0.1) is 0 Å². The number of anilines is 2. The lowest BCUT2D eigenvalue weighted by atomic mass is 10.2. The van der Waals surface area contributed by atoms with Crippen molar-refractivity contribution in [1.29, 1.82) is 0 Å². The van der Waals surface area contributed by atoms with Crippen molar-refractivity contribution in [3.8, 4) is 0 Å². The molecule has 0 fully saturated rings. The van der Waals surface area contributed by atoms with Gasteiger partial charge in [-0.05, 0) is 24.6 Å². The molecule has 1 aromatic carbocycles. The van der Waals surface area contributed by atoms with Crippen LogP contribution in [0.1, 0.15) is 23.7 Å². The third kappa shape index (κ3) is 3.37. The number of para-hydroxylation sites is 1. The molecule has 0 aliphatic rings. The molecular formula is C16H18FN3O. The molecule has 1 N–H and O–H groups in total. The van der Waals surface area contributed by atoms with E-state index < -0.39 is 5.82 Å². The molecule has 0 bridgehead atoms. The summed E-state index contributed by atoms with van der Waals surface area (Å²) in [6.07, 6.45) is 4.10. The number of carbonyl (C=O) groups excluding carboxylic acids is 1. The first-order chi connectivity index (χ1) is 10.1. The fraction of sp³-hybridized carbons (Fsp3) is 0.250. The van der Waals surface area contributed by atoms with Gasteiger partial charge in [0.1, 0.15) is 5.82 Å². The zero-order valence-corrected chi connectivity index (χ0v) is 12.1. The molecular weight excluding hydrogens is 269 g/mol. The molecule has 1 amide bonds. The molecule has 0 radical (unpaired) electrons. The van der Waals surface area contributed by atoms with E-state index in [1.807, 2.05) is 6.92 Å². The summed E-state index contributed by atoms with van der Waals surface area (Å²) in [6.45, 7) is 2.78.